The molecule has 0 radical (unpaired) electrons. The number of rotatable bonds is 10. The molecule has 0 saturated carbocycles. The first-order chi connectivity index (χ1) is 24.7. The monoisotopic (exact) mass is 711 g/mol. The topological polar surface area (TPSA) is 217 Å². The van der Waals surface area contributed by atoms with Crippen LogP contribution in [0.1, 0.15) is 17.3 Å². The summed E-state index contributed by atoms with van der Waals surface area (Å²) < 4.78 is 54.6. The van der Waals surface area contributed by atoms with Crippen molar-refractivity contribution in [3.05, 3.63) is 66.2 Å². The van der Waals surface area contributed by atoms with Crippen molar-refractivity contribution in [2.75, 3.05) is 49.9 Å². The van der Waals surface area contributed by atoms with Crippen LogP contribution in [-0.4, -0.2) is 94.0 Å². The molecule has 1 fully saturated rings. The minimum Gasteiger partial charge on any atom is -0.462 e. The normalized spacial score (nSPS) is 21.2. The molecule has 18 nitrogen and oxygen atoms in total. The number of esters is 1. The summed E-state index contributed by atoms with van der Waals surface area (Å²) >= 11 is 0. The zero-order chi connectivity index (χ0) is 35.9. The first-order valence-corrected chi connectivity index (χ1v) is 15.5. The molecule has 3 heterocycles. The lowest BCUT2D eigenvalue weighted by Crippen LogP contribution is -2.63. The van der Waals surface area contributed by atoms with Gasteiger partial charge in [0.05, 0.1) is 18.8 Å². The van der Waals surface area contributed by atoms with Crippen molar-refractivity contribution in [2.45, 2.75) is 37.6 Å². The number of aliphatic hydroxyl groups excluding tert-OH is 1. The number of nitrogens with one attached hydrogen (secondary N) is 3. The lowest BCUT2D eigenvalue weighted by atomic mass is 9.98. The van der Waals surface area contributed by atoms with E-state index in [0.29, 0.717) is 23.0 Å². The number of fused-ring (bicyclic) bond motifs is 2. The number of hydrogen-bond acceptors (Lipinski definition) is 15. The third-order valence-corrected chi connectivity index (χ3v) is 7.61. The van der Waals surface area contributed by atoms with E-state index in [1.165, 1.54) is 49.6 Å². The number of hydrogen-bond donors (Lipinski definition) is 4. The number of benzene rings is 3. The smallest absolute Gasteiger partial charge is 0.412 e. The predicted molar refractivity (Wildman–Crippen MR) is 172 cm³/mol. The molecule has 270 valence electrons. The minimum atomic E-state index is -1.62. The van der Waals surface area contributed by atoms with Gasteiger partial charge < -0.3 is 52.5 Å². The second-order valence-electron chi connectivity index (χ2n) is 10.9. The number of carbonyl (C=O) groups excluding carboxylic acids is 4. The van der Waals surface area contributed by atoms with E-state index in [1.54, 1.807) is 25.1 Å². The molecule has 3 amide bonds. The molecule has 0 aliphatic carbocycles. The van der Waals surface area contributed by atoms with E-state index in [9.17, 15) is 24.3 Å². The van der Waals surface area contributed by atoms with Gasteiger partial charge in [-0.05, 0) is 55.5 Å². The largest absolute Gasteiger partial charge is 0.462 e. The summed E-state index contributed by atoms with van der Waals surface area (Å²) in [4.78, 5) is 51.7. The number of anilines is 3. The highest BCUT2D eigenvalue weighted by molar-refractivity contribution is 5.91. The Morgan fingerprint density at radius 3 is 1.71 bits per heavy atom. The summed E-state index contributed by atoms with van der Waals surface area (Å²) in [5, 5.41) is 17.8. The zero-order valence-electron chi connectivity index (χ0n) is 27.2. The van der Waals surface area contributed by atoms with Crippen molar-refractivity contribution < 1.29 is 71.7 Å². The van der Waals surface area contributed by atoms with Gasteiger partial charge in [0.1, 0.15) is 6.10 Å². The highest BCUT2D eigenvalue weighted by Crippen LogP contribution is 2.36. The van der Waals surface area contributed by atoms with Gasteiger partial charge >= 0.3 is 24.2 Å². The number of ether oxygens (including phenoxy) is 10. The fourth-order valence-corrected chi connectivity index (χ4v) is 5.28. The molecule has 3 aliphatic heterocycles. The summed E-state index contributed by atoms with van der Waals surface area (Å²) in [6.45, 7) is 1.16. The van der Waals surface area contributed by atoms with Crippen LogP contribution in [0.25, 0.3) is 0 Å². The van der Waals surface area contributed by atoms with Crippen LogP contribution in [0.2, 0.25) is 0 Å². The summed E-state index contributed by atoms with van der Waals surface area (Å²) in [5.41, 5.74) is 1.03. The Bertz CT molecular complexity index is 1750. The molecule has 0 spiro atoms. The molecule has 5 atom stereocenters. The first kappa shape index (κ1) is 34.9. The summed E-state index contributed by atoms with van der Waals surface area (Å²) in [6.07, 6.45) is -10.6. The first-order valence-electron chi connectivity index (χ1n) is 15.5. The van der Waals surface area contributed by atoms with E-state index >= 15 is 0 Å². The number of carbonyl (C=O) groups is 4. The lowest BCUT2D eigenvalue weighted by Gasteiger charge is -2.43. The van der Waals surface area contributed by atoms with Crippen LogP contribution in [0.4, 0.5) is 31.4 Å². The molecule has 51 heavy (non-hydrogen) atoms. The number of aliphatic hydroxyl groups is 1. The van der Waals surface area contributed by atoms with E-state index in [1.807, 2.05) is 0 Å². The second kappa shape index (κ2) is 15.7. The Hall–Kier alpha value is -5.98. The zero-order valence-corrected chi connectivity index (χ0v) is 27.2. The van der Waals surface area contributed by atoms with Crippen LogP contribution in [0.15, 0.2) is 60.7 Å². The molecule has 0 unspecified atom stereocenters. The maximum Gasteiger partial charge on any atom is 0.412 e. The van der Waals surface area contributed by atoms with Crippen molar-refractivity contribution in [3.63, 3.8) is 0 Å². The third kappa shape index (κ3) is 8.26. The SMILES string of the molecule is CCOC(=O)c1ccc(NC(=O)O[C@@H]2[C@@H](OC(=O)Nc3ccc4c(c3)OCO4)[C@H](OC(=O)Nc3ccc4c(c3)OCO4)[C@H](OC)O[C@H]2CO)cc1. The quantitative estimate of drug-likeness (QED) is 0.174. The fourth-order valence-electron chi connectivity index (χ4n) is 5.28. The maximum absolute atomic E-state index is 13.3. The maximum atomic E-state index is 13.3. The minimum absolute atomic E-state index is 0.0101. The van der Waals surface area contributed by atoms with Gasteiger partial charge in [-0.1, -0.05) is 0 Å². The molecule has 0 aromatic heterocycles. The van der Waals surface area contributed by atoms with Crippen molar-refractivity contribution in [1.29, 1.82) is 0 Å². The lowest BCUT2D eigenvalue weighted by molar-refractivity contribution is -0.290. The van der Waals surface area contributed by atoms with Crippen LogP contribution in [0.5, 0.6) is 23.0 Å². The fraction of sp³-hybridized carbons (Fsp3) is 0.333. The van der Waals surface area contributed by atoms with E-state index < -0.39 is 61.6 Å². The van der Waals surface area contributed by atoms with Crippen molar-refractivity contribution in [3.8, 4) is 23.0 Å². The Labute approximate surface area is 289 Å². The third-order valence-electron chi connectivity index (χ3n) is 7.61. The Morgan fingerprint density at radius 1 is 0.686 bits per heavy atom. The van der Waals surface area contributed by atoms with E-state index in [0.717, 1.165) is 0 Å². The van der Waals surface area contributed by atoms with Crippen LogP contribution >= 0.6 is 0 Å². The molecule has 4 N–H and O–H groups in total. The van der Waals surface area contributed by atoms with Crippen LogP contribution in [-0.2, 0) is 28.4 Å². The number of methoxy groups -OCH3 is 1. The Balaban J connectivity index is 1.22. The molecule has 3 aromatic carbocycles. The highest BCUT2D eigenvalue weighted by Gasteiger charge is 2.53. The summed E-state index contributed by atoms with van der Waals surface area (Å²) in [6, 6.07) is 15.0. The van der Waals surface area contributed by atoms with E-state index in [4.69, 9.17) is 47.4 Å². The van der Waals surface area contributed by atoms with Gasteiger partial charge in [-0.3, -0.25) is 16.0 Å². The Kier molecular flexibility index (Phi) is 10.7. The molecule has 3 aromatic rings. The average molecular weight is 712 g/mol. The van der Waals surface area contributed by atoms with Crippen LogP contribution in [0.3, 0.4) is 0 Å². The van der Waals surface area contributed by atoms with Crippen molar-refractivity contribution in [1.82, 2.24) is 0 Å². The van der Waals surface area contributed by atoms with Gasteiger partial charge in [-0.2, -0.15) is 0 Å². The van der Waals surface area contributed by atoms with Crippen molar-refractivity contribution >= 4 is 41.3 Å². The van der Waals surface area contributed by atoms with Gasteiger partial charge in [0.25, 0.3) is 0 Å². The molecule has 18 heteroatoms. The van der Waals surface area contributed by atoms with Gasteiger partial charge in [0.2, 0.25) is 13.6 Å². The standard InChI is InChI=1S/C33H33N3O15/c1-3-43-29(38)17-4-6-18(7-5-17)34-31(39)49-26-25(14-37)48-30(42-2)28(51-33(41)36-20-9-11-22-24(13-20)47-16-45-22)27(26)50-32(40)35-19-8-10-21-23(12-19)46-15-44-21/h4-13,25-28,30,37H,3,14-16H2,1-2H3,(H,34,39)(H,35,40)(H,36,41)/t25-,26-,27+,28-,30+/m0/s1. The number of amides is 3. The highest BCUT2D eigenvalue weighted by atomic mass is 16.7. The molecular formula is C33H33N3O15. The van der Waals surface area contributed by atoms with Gasteiger partial charge in [0, 0.05) is 36.3 Å². The molecular weight excluding hydrogens is 678 g/mol. The average Bonchev–Trinajstić information content (AvgIpc) is 3.79. The molecule has 3 aliphatic rings. The van der Waals surface area contributed by atoms with E-state index in [-0.39, 0.29) is 42.8 Å². The predicted octanol–water partition coefficient (Wildman–Crippen LogP) is 3.84. The van der Waals surface area contributed by atoms with Gasteiger partial charge in [-0.25, -0.2) is 19.2 Å². The molecule has 1 saturated heterocycles. The summed E-state index contributed by atoms with van der Waals surface area (Å²) in [5.74, 6) is 1.19. The van der Waals surface area contributed by atoms with Crippen molar-refractivity contribution in [2.24, 2.45) is 0 Å². The molecule has 6 rings (SSSR count). The summed E-state index contributed by atoms with van der Waals surface area (Å²) in [7, 11) is 1.24. The van der Waals surface area contributed by atoms with Crippen LogP contribution < -0.4 is 34.9 Å². The van der Waals surface area contributed by atoms with Gasteiger partial charge in [0.15, 0.2) is 47.6 Å². The Morgan fingerprint density at radius 2 is 1.18 bits per heavy atom. The van der Waals surface area contributed by atoms with Gasteiger partial charge in [-0.15, -0.1) is 0 Å². The molecule has 0 bridgehead atoms. The van der Waals surface area contributed by atoms with E-state index in [2.05, 4.69) is 16.0 Å². The van der Waals surface area contributed by atoms with Crippen LogP contribution in [0, 0.1) is 0 Å². The second-order valence-corrected chi connectivity index (χ2v) is 10.9.